The van der Waals surface area contributed by atoms with E-state index in [2.05, 4.69) is 0 Å². The van der Waals surface area contributed by atoms with Crippen LogP contribution in [0.5, 0.6) is 5.75 Å². The summed E-state index contributed by atoms with van der Waals surface area (Å²) < 4.78 is 38.0. The molecule has 7 nitrogen and oxygen atoms in total. The molecule has 172 valence electrons. The van der Waals surface area contributed by atoms with Crippen LogP contribution in [0.3, 0.4) is 0 Å². The van der Waals surface area contributed by atoms with Gasteiger partial charge >= 0.3 is 5.97 Å². The third kappa shape index (κ3) is 4.57. The molecule has 0 spiro atoms. The molecule has 1 aliphatic rings. The number of sulfonamides is 1. The number of carbonyl (C=O) groups is 2. The van der Waals surface area contributed by atoms with Crippen LogP contribution >= 0.6 is 11.3 Å². The van der Waals surface area contributed by atoms with Crippen molar-refractivity contribution in [1.82, 2.24) is 4.31 Å². The SMILES string of the molecule is COC(=O)C1Cc2c(Cc3ccccc3)csc2C(=O)CN1S(=O)(=O)c1ccc(OC)cc1. The first kappa shape index (κ1) is 23.2. The molecule has 0 saturated heterocycles. The summed E-state index contributed by atoms with van der Waals surface area (Å²) in [6.07, 6.45) is 0.647. The largest absolute Gasteiger partial charge is 0.497 e. The van der Waals surface area contributed by atoms with E-state index in [1.54, 1.807) is 0 Å². The lowest BCUT2D eigenvalue weighted by atomic mass is 9.98. The Kier molecular flexibility index (Phi) is 6.64. The predicted molar refractivity (Wildman–Crippen MR) is 124 cm³/mol. The van der Waals surface area contributed by atoms with E-state index in [0.29, 0.717) is 22.6 Å². The minimum atomic E-state index is -4.15. The first-order valence-electron chi connectivity index (χ1n) is 10.2. The first-order valence-corrected chi connectivity index (χ1v) is 12.6. The van der Waals surface area contributed by atoms with Gasteiger partial charge in [0.05, 0.1) is 30.5 Å². The van der Waals surface area contributed by atoms with Crippen molar-refractivity contribution in [2.24, 2.45) is 0 Å². The number of ether oxygens (including phenoxy) is 2. The van der Waals surface area contributed by atoms with Crippen LogP contribution in [0.15, 0.2) is 64.9 Å². The smallest absolute Gasteiger partial charge is 0.324 e. The predicted octanol–water partition coefficient (Wildman–Crippen LogP) is 3.32. The van der Waals surface area contributed by atoms with Crippen molar-refractivity contribution in [2.45, 2.75) is 23.8 Å². The van der Waals surface area contributed by atoms with Gasteiger partial charge in [0.15, 0.2) is 5.78 Å². The number of fused-ring (bicyclic) bond motifs is 1. The van der Waals surface area contributed by atoms with Gasteiger partial charge in [-0.2, -0.15) is 4.31 Å². The van der Waals surface area contributed by atoms with Gasteiger partial charge in [0.2, 0.25) is 10.0 Å². The number of Topliss-reactive ketones (excluding diaryl/α,β-unsaturated/α-hetero) is 1. The summed E-state index contributed by atoms with van der Waals surface area (Å²) in [4.78, 5) is 26.4. The topological polar surface area (TPSA) is 90.0 Å². The second-order valence-corrected chi connectivity index (χ2v) is 10.4. The summed E-state index contributed by atoms with van der Waals surface area (Å²) in [7, 11) is -1.46. The first-order chi connectivity index (χ1) is 15.8. The number of carbonyl (C=O) groups excluding carboxylic acids is 2. The van der Waals surface area contributed by atoms with Crippen LogP contribution in [0, 0.1) is 0 Å². The minimum absolute atomic E-state index is 0.0280. The second-order valence-electron chi connectivity index (χ2n) is 7.62. The number of nitrogens with zero attached hydrogens (tertiary/aromatic N) is 1. The fraction of sp³-hybridized carbons (Fsp3) is 0.250. The highest BCUT2D eigenvalue weighted by Crippen LogP contribution is 2.33. The van der Waals surface area contributed by atoms with E-state index in [-0.39, 0.29) is 17.1 Å². The molecule has 0 fully saturated rings. The number of hydrogen-bond donors (Lipinski definition) is 0. The molecule has 2 aromatic carbocycles. The Labute approximate surface area is 196 Å². The van der Waals surface area contributed by atoms with Gasteiger partial charge in [0, 0.05) is 6.42 Å². The lowest BCUT2D eigenvalue weighted by molar-refractivity contribution is -0.144. The van der Waals surface area contributed by atoms with Crippen molar-refractivity contribution in [3.63, 3.8) is 0 Å². The minimum Gasteiger partial charge on any atom is -0.497 e. The summed E-state index contributed by atoms with van der Waals surface area (Å²) in [5.41, 5.74) is 2.68. The Hall–Kier alpha value is -3.01. The van der Waals surface area contributed by atoms with Crippen molar-refractivity contribution in [1.29, 1.82) is 0 Å². The van der Waals surface area contributed by atoms with Gasteiger partial charge in [0.25, 0.3) is 0 Å². The number of methoxy groups -OCH3 is 2. The van der Waals surface area contributed by atoms with Crippen LogP contribution in [-0.4, -0.2) is 51.3 Å². The maximum atomic E-state index is 13.5. The quantitative estimate of drug-likeness (QED) is 0.498. The van der Waals surface area contributed by atoms with E-state index in [4.69, 9.17) is 9.47 Å². The molecule has 0 radical (unpaired) electrons. The van der Waals surface area contributed by atoms with Crippen molar-refractivity contribution < 1.29 is 27.5 Å². The monoisotopic (exact) mass is 485 g/mol. The molecule has 4 rings (SSSR count). The zero-order valence-electron chi connectivity index (χ0n) is 18.2. The van der Waals surface area contributed by atoms with E-state index in [1.165, 1.54) is 49.8 Å². The third-order valence-electron chi connectivity index (χ3n) is 5.66. The third-order valence-corrected chi connectivity index (χ3v) is 8.64. The number of rotatable bonds is 6. The van der Waals surface area contributed by atoms with Crippen LogP contribution in [0.2, 0.25) is 0 Å². The average molecular weight is 486 g/mol. The number of esters is 1. The molecule has 2 heterocycles. The van der Waals surface area contributed by atoms with Gasteiger partial charge in [-0.15, -0.1) is 11.3 Å². The van der Waals surface area contributed by atoms with Crippen molar-refractivity contribution >= 4 is 33.1 Å². The summed E-state index contributed by atoms with van der Waals surface area (Å²) >= 11 is 1.29. The Balaban J connectivity index is 1.74. The Morgan fingerprint density at radius 2 is 1.79 bits per heavy atom. The lowest BCUT2D eigenvalue weighted by Crippen LogP contribution is -2.47. The van der Waals surface area contributed by atoms with E-state index < -0.39 is 28.6 Å². The van der Waals surface area contributed by atoms with Crippen molar-refractivity contribution in [2.75, 3.05) is 20.8 Å². The molecule has 0 N–H and O–H groups in total. The maximum absolute atomic E-state index is 13.5. The van der Waals surface area contributed by atoms with Crippen LogP contribution in [-0.2, 0) is 32.4 Å². The Bertz CT molecular complexity index is 1270. The fourth-order valence-corrected chi connectivity index (χ4v) is 6.50. The molecule has 3 aromatic rings. The van der Waals surface area contributed by atoms with E-state index >= 15 is 0 Å². The Morgan fingerprint density at radius 1 is 1.09 bits per heavy atom. The van der Waals surface area contributed by atoms with Gasteiger partial charge < -0.3 is 9.47 Å². The molecular formula is C24H23NO6S2. The maximum Gasteiger partial charge on any atom is 0.324 e. The molecule has 1 aliphatic heterocycles. The number of hydrogen-bond acceptors (Lipinski definition) is 7. The van der Waals surface area contributed by atoms with Crippen molar-refractivity contribution in [3.8, 4) is 5.75 Å². The van der Waals surface area contributed by atoms with E-state index in [1.807, 2.05) is 35.7 Å². The van der Waals surface area contributed by atoms with E-state index in [0.717, 1.165) is 15.4 Å². The van der Waals surface area contributed by atoms with Gasteiger partial charge in [-0.05, 0) is 52.8 Å². The molecule has 1 unspecified atom stereocenters. The molecule has 1 aromatic heterocycles. The molecule has 33 heavy (non-hydrogen) atoms. The zero-order valence-corrected chi connectivity index (χ0v) is 19.8. The summed E-state index contributed by atoms with van der Waals surface area (Å²) in [6.45, 7) is -0.438. The molecule has 0 aliphatic carbocycles. The standard InChI is InChI=1S/C24H23NO6S2/c1-30-18-8-10-19(11-9-18)33(28,29)25-14-22(26)23-20(13-21(25)24(27)31-2)17(15-32-23)12-16-6-4-3-5-7-16/h3-11,15,21H,12-14H2,1-2H3. The van der Waals surface area contributed by atoms with Crippen LogP contribution in [0.1, 0.15) is 26.4 Å². The average Bonchev–Trinajstić information content (AvgIpc) is 3.15. The van der Waals surface area contributed by atoms with Gasteiger partial charge in [-0.1, -0.05) is 30.3 Å². The molecule has 9 heteroatoms. The number of benzene rings is 2. The molecule has 0 bridgehead atoms. The van der Waals surface area contributed by atoms with Gasteiger partial charge in [-0.25, -0.2) is 8.42 Å². The number of ketones is 1. The normalized spacial score (nSPS) is 16.7. The summed E-state index contributed by atoms with van der Waals surface area (Å²) in [6, 6.07) is 14.5. The second kappa shape index (κ2) is 9.46. The van der Waals surface area contributed by atoms with Gasteiger partial charge in [0.1, 0.15) is 11.8 Å². The highest BCUT2D eigenvalue weighted by atomic mass is 32.2. The summed E-state index contributed by atoms with van der Waals surface area (Å²) in [5.74, 6) is -0.541. The highest BCUT2D eigenvalue weighted by Gasteiger charge is 2.42. The van der Waals surface area contributed by atoms with Crippen LogP contribution in [0.4, 0.5) is 0 Å². The van der Waals surface area contributed by atoms with Gasteiger partial charge in [-0.3, -0.25) is 9.59 Å². The molecule has 0 amide bonds. The lowest BCUT2D eigenvalue weighted by Gasteiger charge is -2.27. The summed E-state index contributed by atoms with van der Waals surface area (Å²) in [5, 5.41) is 1.91. The van der Waals surface area contributed by atoms with Crippen molar-refractivity contribution in [3.05, 3.63) is 81.5 Å². The highest BCUT2D eigenvalue weighted by molar-refractivity contribution is 7.89. The Morgan fingerprint density at radius 3 is 2.42 bits per heavy atom. The van der Waals surface area contributed by atoms with E-state index in [9.17, 15) is 18.0 Å². The number of thiophene rings is 1. The molecule has 0 saturated carbocycles. The molecule has 1 atom stereocenters. The fourth-order valence-electron chi connectivity index (χ4n) is 3.93. The molecular weight excluding hydrogens is 462 g/mol. The zero-order chi connectivity index (χ0) is 23.6. The van der Waals surface area contributed by atoms with Crippen LogP contribution < -0.4 is 4.74 Å². The van der Waals surface area contributed by atoms with Crippen LogP contribution in [0.25, 0.3) is 0 Å².